The van der Waals surface area contributed by atoms with Crippen LogP contribution in [0.5, 0.6) is 0 Å². The molecule has 0 saturated carbocycles. The highest BCUT2D eigenvalue weighted by molar-refractivity contribution is 9.10. The van der Waals surface area contributed by atoms with E-state index in [1.807, 2.05) is 16.8 Å². The van der Waals surface area contributed by atoms with Gasteiger partial charge in [0.1, 0.15) is 0 Å². The maximum Gasteiger partial charge on any atom is 0.261 e. The lowest BCUT2D eigenvalue weighted by Gasteiger charge is -2.21. The van der Waals surface area contributed by atoms with Crippen LogP contribution in [0.15, 0.2) is 53.5 Å². The van der Waals surface area contributed by atoms with Gasteiger partial charge in [-0.2, -0.15) is 0 Å². The first-order chi connectivity index (χ1) is 14.4. The number of amides is 1. The Labute approximate surface area is 204 Å². The maximum atomic E-state index is 13.5. The Hall–Kier alpha value is -1.93. The van der Waals surface area contributed by atoms with Crippen molar-refractivity contribution in [3.05, 3.63) is 75.2 Å². The Morgan fingerprint density at radius 3 is 2.81 bits per heavy atom. The van der Waals surface area contributed by atoms with Crippen LogP contribution < -0.4 is 4.90 Å². The zero-order chi connectivity index (χ0) is 21.3. The minimum absolute atomic E-state index is 0. The summed E-state index contributed by atoms with van der Waals surface area (Å²) in [4.78, 5) is 24.2. The summed E-state index contributed by atoms with van der Waals surface area (Å²) < 4.78 is 3.88. The standard InChI is InChI=1S/C22H20BrClN4OS.ClH/c1-14-4-7-19-20(15(14)2)26-22(30-19)28(10-3-9-27-11-8-25-13-27)21(29)17-12-16(23)5-6-18(17)24;/h4-8,11-13H,3,9-10H2,1-2H3;1H. The number of carbonyl (C=O) groups is 1. The zero-order valence-corrected chi connectivity index (χ0v) is 21.0. The second-order valence-corrected chi connectivity index (χ2v) is 9.42. The number of anilines is 1. The first kappa shape index (κ1) is 23.7. The molecule has 0 aliphatic rings. The molecule has 0 N–H and O–H groups in total. The summed E-state index contributed by atoms with van der Waals surface area (Å²) in [6.45, 7) is 5.43. The quantitative estimate of drug-likeness (QED) is 0.274. The van der Waals surface area contributed by atoms with Gasteiger partial charge in [0.2, 0.25) is 0 Å². The Morgan fingerprint density at radius 1 is 1.26 bits per heavy atom. The van der Waals surface area contributed by atoms with Gasteiger partial charge < -0.3 is 4.57 Å². The van der Waals surface area contributed by atoms with E-state index in [1.54, 1.807) is 29.6 Å². The Kier molecular flexibility index (Phi) is 7.75. The van der Waals surface area contributed by atoms with Crippen LogP contribution in [0.4, 0.5) is 5.13 Å². The predicted octanol–water partition coefficient (Wildman–Crippen LogP) is 6.68. The van der Waals surface area contributed by atoms with Crippen molar-refractivity contribution in [1.82, 2.24) is 14.5 Å². The highest BCUT2D eigenvalue weighted by Gasteiger charge is 2.24. The number of thiazole rings is 1. The summed E-state index contributed by atoms with van der Waals surface area (Å²) in [7, 11) is 0. The smallest absolute Gasteiger partial charge is 0.261 e. The third-order valence-electron chi connectivity index (χ3n) is 5.07. The van der Waals surface area contributed by atoms with Gasteiger partial charge in [-0.25, -0.2) is 9.97 Å². The molecule has 1 amide bonds. The van der Waals surface area contributed by atoms with Crippen molar-refractivity contribution >= 4 is 72.5 Å². The van der Waals surface area contributed by atoms with Crippen LogP contribution in [-0.2, 0) is 6.54 Å². The van der Waals surface area contributed by atoms with E-state index in [1.165, 1.54) is 16.9 Å². The van der Waals surface area contributed by atoms with Crippen LogP contribution in [0, 0.1) is 13.8 Å². The van der Waals surface area contributed by atoms with Gasteiger partial charge in [-0.15, -0.1) is 12.4 Å². The molecule has 0 fully saturated rings. The molecule has 0 atom stereocenters. The molecule has 0 aliphatic heterocycles. The lowest BCUT2D eigenvalue weighted by atomic mass is 10.1. The Balaban J connectivity index is 0.00000272. The molecule has 9 heteroatoms. The first-order valence-corrected chi connectivity index (χ1v) is 11.5. The van der Waals surface area contributed by atoms with Crippen LogP contribution in [0.2, 0.25) is 5.02 Å². The lowest BCUT2D eigenvalue weighted by Crippen LogP contribution is -2.32. The number of imidazole rings is 1. The molecule has 162 valence electrons. The van der Waals surface area contributed by atoms with E-state index in [9.17, 15) is 4.79 Å². The van der Waals surface area contributed by atoms with Crippen molar-refractivity contribution in [2.24, 2.45) is 0 Å². The Bertz CT molecular complexity index is 1210. The summed E-state index contributed by atoms with van der Waals surface area (Å²) >= 11 is 11.3. The van der Waals surface area contributed by atoms with Gasteiger partial charge in [0.15, 0.2) is 5.13 Å². The molecule has 31 heavy (non-hydrogen) atoms. The topological polar surface area (TPSA) is 51.0 Å². The number of hydrogen-bond acceptors (Lipinski definition) is 4. The van der Waals surface area contributed by atoms with E-state index in [2.05, 4.69) is 46.9 Å². The van der Waals surface area contributed by atoms with Gasteiger partial charge in [0.25, 0.3) is 5.91 Å². The van der Waals surface area contributed by atoms with Crippen molar-refractivity contribution < 1.29 is 4.79 Å². The maximum absolute atomic E-state index is 13.5. The van der Waals surface area contributed by atoms with Crippen molar-refractivity contribution in [3.63, 3.8) is 0 Å². The molecule has 0 saturated heterocycles. The molecule has 0 spiro atoms. The zero-order valence-electron chi connectivity index (χ0n) is 17.0. The van der Waals surface area contributed by atoms with Crippen molar-refractivity contribution in [3.8, 4) is 0 Å². The fourth-order valence-corrected chi connectivity index (χ4v) is 4.86. The van der Waals surface area contributed by atoms with Crippen LogP contribution >= 0.6 is 51.3 Å². The number of aryl methyl sites for hydroxylation is 3. The Morgan fingerprint density at radius 2 is 2.06 bits per heavy atom. The monoisotopic (exact) mass is 538 g/mol. The third-order valence-corrected chi connectivity index (χ3v) is 6.93. The molecule has 5 nitrogen and oxygen atoms in total. The average molecular weight is 540 g/mol. The molecular weight excluding hydrogens is 519 g/mol. The summed E-state index contributed by atoms with van der Waals surface area (Å²) in [5.41, 5.74) is 3.73. The van der Waals surface area contributed by atoms with Gasteiger partial charge in [-0.3, -0.25) is 9.69 Å². The van der Waals surface area contributed by atoms with Crippen molar-refractivity contribution in [2.45, 2.75) is 26.8 Å². The summed E-state index contributed by atoms with van der Waals surface area (Å²) in [6, 6.07) is 9.48. The molecule has 0 bridgehead atoms. The summed E-state index contributed by atoms with van der Waals surface area (Å²) in [5.74, 6) is -0.152. The SMILES string of the molecule is Cc1ccc2sc(N(CCCn3ccnc3)C(=O)c3cc(Br)ccc3Cl)nc2c1C.Cl. The number of benzene rings is 2. The number of carbonyl (C=O) groups excluding carboxylic acids is 1. The molecule has 2 aromatic heterocycles. The van der Waals surface area contributed by atoms with Crippen molar-refractivity contribution in [1.29, 1.82) is 0 Å². The third kappa shape index (κ3) is 5.12. The highest BCUT2D eigenvalue weighted by atomic mass is 79.9. The molecule has 2 aromatic carbocycles. The van der Waals surface area contributed by atoms with Crippen molar-refractivity contribution in [2.75, 3.05) is 11.4 Å². The minimum Gasteiger partial charge on any atom is -0.337 e. The van der Waals surface area contributed by atoms with E-state index < -0.39 is 0 Å². The largest absolute Gasteiger partial charge is 0.337 e. The van der Waals surface area contributed by atoms with Gasteiger partial charge in [-0.1, -0.05) is 44.9 Å². The molecule has 0 unspecified atom stereocenters. The fraction of sp³-hybridized carbons (Fsp3) is 0.227. The van der Waals surface area contributed by atoms with E-state index in [-0.39, 0.29) is 18.3 Å². The van der Waals surface area contributed by atoms with Crippen LogP contribution in [0.3, 0.4) is 0 Å². The van der Waals surface area contributed by atoms with Gasteiger partial charge in [0, 0.05) is 30.0 Å². The lowest BCUT2D eigenvalue weighted by molar-refractivity contribution is 0.0986. The summed E-state index contributed by atoms with van der Waals surface area (Å²) in [5, 5.41) is 1.11. The molecular formula is C22H21BrCl2N4OS. The number of halogens is 3. The number of hydrogen-bond donors (Lipinski definition) is 0. The van der Waals surface area contributed by atoms with Gasteiger partial charge >= 0.3 is 0 Å². The second kappa shape index (κ2) is 10.1. The van der Waals surface area contributed by atoms with Crippen LogP contribution in [0.25, 0.3) is 10.2 Å². The molecule has 2 heterocycles. The van der Waals surface area contributed by atoms with Gasteiger partial charge in [0.05, 0.1) is 27.1 Å². The summed E-state index contributed by atoms with van der Waals surface area (Å²) in [6.07, 6.45) is 6.22. The second-order valence-electron chi connectivity index (χ2n) is 7.09. The number of rotatable bonds is 6. The van der Waals surface area contributed by atoms with E-state index >= 15 is 0 Å². The highest BCUT2D eigenvalue weighted by Crippen LogP contribution is 2.33. The fourth-order valence-electron chi connectivity index (χ4n) is 3.25. The van der Waals surface area contributed by atoms with E-state index in [0.29, 0.717) is 22.3 Å². The minimum atomic E-state index is -0.152. The van der Waals surface area contributed by atoms with Gasteiger partial charge in [-0.05, 0) is 55.7 Å². The molecule has 0 radical (unpaired) electrons. The van der Waals surface area contributed by atoms with Crippen LogP contribution in [0.1, 0.15) is 27.9 Å². The number of nitrogens with zero attached hydrogens (tertiary/aromatic N) is 4. The van der Waals surface area contributed by atoms with E-state index in [4.69, 9.17) is 16.6 Å². The molecule has 4 rings (SSSR count). The van der Waals surface area contributed by atoms with E-state index in [0.717, 1.165) is 33.2 Å². The molecule has 0 aliphatic carbocycles. The first-order valence-electron chi connectivity index (χ1n) is 9.53. The number of fused-ring (bicyclic) bond motifs is 1. The number of aromatic nitrogens is 3. The normalized spacial score (nSPS) is 10.8. The van der Waals surface area contributed by atoms with Crippen LogP contribution in [-0.4, -0.2) is 27.0 Å². The average Bonchev–Trinajstić information content (AvgIpc) is 3.39. The predicted molar refractivity (Wildman–Crippen MR) is 134 cm³/mol. The molecule has 4 aromatic rings.